The summed E-state index contributed by atoms with van der Waals surface area (Å²) in [5.41, 5.74) is 4.16. The van der Waals surface area contributed by atoms with Gasteiger partial charge in [-0.2, -0.15) is 14.6 Å². The molecule has 0 saturated carbocycles. The van der Waals surface area contributed by atoms with Crippen molar-refractivity contribution in [1.82, 2.24) is 19.6 Å². The van der Waals surface area contributed by atoms with Gasteiger partial charge in [0, 0.05) is 17.7 Å². The minimum absolute atomic E-state index is 0.347. The number of hydrogen-bond donors (Lipinski definition) is 1. The molecule has 0 saturated heterocycles. The van der Waals surface area contributed by atoms with E-state index in [-0.39, 0.29) is 0 Å². The van der Waals surface area contributed by atoms with Crippen molar-refractivity contribution in [1.29, 1.82) is 0 Å². The third-order valence-corrected chi connectivity index (χ3v) is 4.97. The van der Waals surface area contributed by atoms with Crippen LogP contribution in [0.25, 0.3) is 17.0 Å². The molecule has 0 radical (unpaired) electrons. The molecule has 4 rings (SSSR count). The van der Waals surface area contributed by atoms with E-state index >= 15 is 0 Å². The zero-order valence-corrected chi connectivity index (χ0v) is 16.3. The number of fused-ring (bicyclic) bond motifs is 1. The molecule has 0 spiro atoms. The van der Waals surface area contributed by atoms with E-state index in [1.807, 2.05) is 36.7 Å². The van der Waals surface area contributed by atoms with Crippen molar-refractivity contribution in [2.75, 3.05) is 11.6 Å². The van der Waals surface area contributed by atoms with Gasteiger partial charge in [0.1, 0.15) is 5.76 Å². The second-order valence-electron chi connectivity index (χ2n) is 6.51. The van der Waals surface area contributed by atoms with Gasteiger partial charge in [-0.3, -0.25) is 0 Å². The number of nitrogens with zero attached hydrogens (tertiary/aromatic N) is 4. The lowest BCUT2D eigenvalue weighted by atomic mass is 10.1. The molecule has 6 nitrogen and oxygen atoms in total. The third-order valence-electron chi connectivity index (χ3n) is 4.42. The average Bonchev–Trinajstić information content (AvgIpc) is 3.36. The van der Waals surface area contributed by atoms with Crippen LogP contribution in [0.3, 0.4) is 0 Å². The van der Waals surface area contributed by atoms with E-state index in [1.165, 1.54) is 11.8 Å². The molecule has 0 aliphatic carbocycles. The maximum Gasteiger partial charge on any atom is 0.228 e. The van der Waals surface area contributed by atoms with Gasteiger partial charge < -0.3 is 9.73 Å². The van der Waals surface area contributed by atoms with Crippen LogP contribution < -0.4 is 5.32 Å². The van der Waals surface area contributed by atoms with E-state index < -0.39 is 0 Å². The fraction of sp³-hybridized carbons (Fsp3) is 0.250. The number of thioether (sulfide) groups is 1. The first-order chi connectivity index (χ1) is 13.2. The molecule has 3 heterocycles. The number of aromatic nitrogens is 4. The summed E-state index contributed by atoms with van der Waals surface area (Å²) in [5, 5.41) is 8.66. The first kappa shape index (κ1) is 17.6. The summed E-state index contributed by atoms with van der Waals surface area (Å²) in [7, 11) is 0. The van der Waals surface area contributed by atoms with Gasteiger partial charge in [0.05, 0.1) is 12.5 Å². The van der Waals surface area contributed by atoms with Crippen LogP contribution >= 0.6 is 11.8 Å². The molecule has 0 atom stereocenters. The van der Waals surface area contributed by atoms with Crippen LogP contribution in [-0.2, 0) is 6.54 Å². The SMILES string of the molecule is CSc1nc(NCc2ccccc2-c2ccco2)n2ncc(C(C)C)c2n1. The fourth-order valence-electron chi connectivity index (χ4n) is 3.01. The molecule has 4 aromatic rings. The predicted octanol–water partition coefficient (Wildman–Crippen LogP) is 4.84. The molecular formula is C20H21N5OS. The van der Waals surface area contributed by atoms with E-state index in [0.717, 1.165) is 33.3 Å². The zero-order chi connectivity index (χ0) is 18.8. The highest BCUT2D eigenvalue weighted by molar-refractivity contribution is 7.98. The number of furan rings is 1. The lowest BCUT2D eigenvalue weighted by Gasteiger charge is -2.11. The summed E-state index contributed by atoms with van der Waals surface area (Å²) in [6, 6.07) is 12.0. The van der Waals surface area contributed by atoms with Gasteiger partial charge in [0.25, 0.3) is 0 Å². The Balaban J connectivity index is 1.69. The Labute approximate surface area is 162 Å². The van der Waals surface area contributed by atoms with E-state index in [2.05, 4.69) is 46.4 Å². The Morgan fingerprint density at radius 2 is 2.00 bits per heavy atom. The molecule has 7 heteroatoms. The normalized spacial score (nSPS) is 11.4. The second kappa shape index (κ2) is 7.44. The second-order valence-corrected chi connectivity index (χ2v) is 7.29. The lowest BCUT2D eigenvalue weighted by Crippen LogP contribution is -2.10. The van der Waals surface area contributed by atoms with Crippen LogP contribution in [0.15, 0.2) is 58.4 Å². The van der Waals surface area contributed by atoms with Crippen LogP contribution in [0, 0.1) is 0 Å². The van der Waals surface area contributed by atoms with Crippen LogP contribution in [0.1, 0.15) is 30.9 Å². The van der Waals surface area contributed by atoms with Crippen molar-refractivity contribution in [2.45, 2.75) is 31.5 Å². The van der Waals surface area contributed by atoms with E-state index in [1.54, 1.807) is 10.8 Å². The molecule has 0 aliphatic rings. The molecule has 1 N–H and O–H groups in total. The first-order valence-electron chi connectivity index (χ1n) is 8.82. The maximum atomic E-state index is 5.57. The third kappa shape index (κ3) is 3.42. The van der Waals surface area contributed by atoms with Crippen LogP contribution in [0.5, 0.6) is 0 Å². The quantitative estimate of drug-likeness (QED) is 0.483. The summed E-state index contributed by atoms with van der Waals surface area (Å²) < 4.78 is 7.36. The molecule has 0 fully saturated rings. The van der Waals surface area contributed by atoms with Crippen molar-refractivity contribution in [3.05, 3.63) is 60.0 Å². The Hall–Kier alpha value is -2.80. The molecule has 0 bridgehead atoms. The molecule has 0 unspecified atom stereocenters. The Morgan fingerprint density at radius 1 is 1.15 bits per heavy atom. The molecule has 3 aromatic heterocycles. The maximum absolute atomic E-state index is 5.57. The van der Waals surface area contributed by atoms with Gasteiger partial charge in [0.15, 0.2) is 10.8 Å². The van der Waals surface area contributed by atoms with Crippen LogP contribution in [-0.4, -0.2) is 25.8 Å². The topological polar surface area (TPSA) is 68.2 Å². The lowest BCUT2D eigenvalue weighted by molar-refractivity contribution is 0.581. The van der Waals surface area contributed by atoms with Gasteiger partial charge in [-0.05, 0) is 29.9 Å². The van der Waals surface area contributed by atoms with Crippen molar-refractivity contribution in [3.8, 4) is 11.3 Å². The average molecular weight is 379 g/mol. The van der Waals surface area contributed by atoms with Gasteiger partial charge >= 0.3 is 0 Å². The largest absolute Gasteiger partial charge is 0.464 e. The standard InChI is InChI=1S/C20H21N5OS/c1-13(2)16-12-22-25-18(16)23-20(27-3)24-19(25)21-11-14-7-4-5-8-15(14)17-9-6-10-26-17/h4-10,12-13H,11H2,1-3H3,(H,21,23,24). The number of nitrogens with one attached hydrogen (secondary N) is 1. The molecule has 138 valence electrons. The summed E-state index contributed by atoms with van der Waals surface area (Å²) >= 11 is 1.53. The van der Waals surface area contributed by atoms with E-state index in [9.17, 15) is 0 Å². The highest BCUT2D eigenvalue weighted by atomic mass is 32.2. The highest BCUT2D eigenvalue weighted by Gasteiger charge is 2.15. The Kier molecular flexibility index (Phi) is 4.85. The van der Waals surface area contributed by atoms with Gasteiger partial charge in [-0.25, -0.2) is 4.98 Å². The molecule has 0 amide bonds. The summed E-state index contributed by atoms with van der Waals surface area (Å²) in [6.45, 7) is 4.89. The Morgan fingerprint density at radius 3 is 2.74 bits per heavy atom. The minimum atomic E-state index is 0.347. The number of rotatable bonds is 6. The predicted molar refractivity (Wildman–Crippen MR) is 108 cm³/mol. The molecular weight excluding hydrogens is 358 g/mol. The fourth-order valence-corrected chi connectivity index (χ4v) is 3.36. The van der Waals surface area contributed by atoms with Crippen LogP contribution in [0.4, 0.5) is 5.95 Å². The molecule has 0 aliphatic heterocycles. The molecule has 1 aromatic carbocycles. The minimum Gasteiger partial charge on any atom is -0.464 e. The van der Waals surface area contributed by atoms with Gasteiger partial charge in [0.2, 0.25) is 5.95 Å². The number of anilines is 1. The summed E-state index contributed by atoms with van der Waals surface area (Å²) in [6.07, 6.45) is 5.55. The van der Waals surface area contributed by atoms with Crippen molar-refractivity contribution < 1.29 is 4.42 Å². The first-order valence-corrected chi connectivity index (χ1v) is 10.0. The molecule has 27 heavy (non-hydrogen) atoms. The van der Waals surface area contributed by atoms with Crippen molar-refractivity contribution in [3.63, 3.8) is 0 Å². The summed E-state index contributed by atoms with van der Waals surface area (Å²) in [5.74, 6) is 1.89. The smallest absolute Gasteiger partial charge is 0.228 e. The highest BCUT2D eigenvalue weighted by Crippen LogP contribution is 2.26. The number of benzene rings is 1. The van der Waals surface area contributed by atoms with Crippen LogP contribution in [0.2, 0.25) is 0 Å². The zero-order valence-electron chi connectivity index (χ0n) is 15.5. The number of hydrogen-bond acceptors (Lipinski definition) is 6. The summed E-state index contributed by atoms with van der Waals surface area (Å²) in [4.78, 5) is 9.26. The Bertz CT molecular complexity index is 1060. The van der Waals surface area contributed by atoms with Crippen molar-refractivity contribution in [2.24, 2.45) is 0 Å². The van der Waals surface area contributed by atoms with E-state index in [4.69, 9.17) is 4.42 Å². The van der Waals surface area contributed by atoms with Gasteiger partial charge in [-0.1, -0.05) is 49.9 Å². The monoisotopic (exact) mass is 379 g/mol. The van der Waals surface area contributed by atoms with Gasteiger partial charge in [-0.15, -0.1) is 0 Å². The van der Waals surface area contributed by atoms with E-state index in [0.29, 0.717) is 18.4 Å². The van der Waals surface area contributed by atoms with Crippen molar-refractivity contribution >= 4 is 23.4 Å².